The smallest absolute Gasteiger partial charge is 0.250 e. The van der Waals surface area contributed by atoms with Gasteiger partial charge < -0.3 is 15.2 Å². The number of carbonyl (C=O) groups excluding carboxylic acids is 1. The molecule has 20 heavy (non-hydrogen) atoms. The highest BCUT2D eigenvalue weighted by Crippen LogP contribution is 2.16. The number of aryl methyl sites for hydroxylation is 1. The van der Waals surface area contributed by atoms with Crippen molar-refractivity contribution in [3.8, 4) is 11.8 Å². The lowest BCUT2D eigenvalue weighted by molar-refractivity contribution is -0.120. The van der Waals surface area contributed by atoms with E-state index in [2.05, 4.69) is 17.2 Å². The normalized spacial score (nSPS) is 9.75. The number of nitrogens with one attached hydrogen (secondary N) is 1. The van der Waals surface area contributed by atoms with Gasteiger partial charge in [0.1, 0.15) is 6.61 Å². The van der Waals surface area contributed by atoms with Gasteiger partial charge in [-0.1, -0.05) is 24.8 Å². The number of aliphatic hydroxyl groups excluding tert-OH is 1. The quantitative estimate of drug-likeness (QED) is 0.617. The van der Waals surface area contributed by atoms with Gasteiger partial charge in [0.2, 0.25) is 5.91 Å². The molecule has 0 aromatic heterocycles. The van der Waals surface area contributed by atoms with Gasteiger partial charge in [-0.15, -0.1) is 0 Å². The first kappa shape index (κ1) is 16.2. The summed E-state index contributed by atoms with van der Waals surface area (Å²) in [6.45, 7) is 4.62. The summed E-state index contributed by atoms with van der Waals surface area (Å²) in [7, 11) is 0. The van der Waals surface area contributed by atoms with E-state index in [0.717, 1.165) is 23.2 Å². The number of aliphatic hydroxyl groups is 1. The summed E-state index contributed by atoms with van der Waals surface area (Å²) in [5, 5.41) is 11.5. The Balaban J connectivity index is 2.67. The molecule has 4 heteroatoms. The largest absolute Gasteiger partial charge is 0.395 e. The summed E-state index contributed by atoms with van der Waals surface area (Å²) in [6, 6.07) is 5.63. The molecule has 0 spiro atoms. The molecule has 0 atom stereocenters. The number of rotatable bonds is 6. The highest BCUT2D eigenvalue weighted by Gasteiger charge is 2.05. The van der Waals surface area contributed by atoms with Crippen LogP contribution in [0.1, 0.15) is 30.9 Å². The minimum Gasteiger partial charge on any atom is -0.395 e. The van der Waals surface area contributed by atoms with Gasteiger partial charge in [-0.2, -0.15) is 0 Å². The number of benzene rings is 1. The monoisotopic (exact) mass is 275 g/mol. The molecule has 0 fully saturated rings. The van der Waals surface area contributed by atoms with Crippen molar-refractivity contribution in [1.82, 2.24) is 0 Å². The third kappa shape index (κ3) is 5.87. The maximum atomic E-state index is 11.7. The minimum atomic E-state index is -0.165. The van der Waals surface area contributed by atoms with Crippen molar-refractivity contribution >= 4 is 11.6 Å². The second-order valence-electron chi connectivity index (χ2n) is 4.41. The van der Waals surface area contributed by atoms with Gasteiger partial charge in [0.05, 0.1) is 6.61 Å². The van der Waals surface area contributed by atoms with Crippen LogP contribution < -0.4 is 5.32 Å². The predicted molar refractivity (Wildman–Crippen MR) is 79.5 cm³/mol. The van der Waals surface area contributed by atoms with Gasteiger partial charge in [-0.25, -0.2) is 0 Å². The molecule has 1 amide bonds. The summed E-state index contributed by atoms with van der Waals surface area (Å²) in [5.74, 6) is 5.64. The third-order valence-corrected chi connectivity index (χ3v) is 2.56. The van der Waals surface area contributed by atoms with Crippen LogP contribution in [0.15, 0.2) is 18.2 Å². The number of hydrogen-bond donors (Lipinski definition) is 2. The van der Waals surface area contributed by atoms with Crippen molar-refractivity contribution < 1.29 is 14.6 Å². The molecular weight excluding hydrogens is 254 g/mol. The first-order chi connectivity index (χ1) is 9.67. The van der Waals surface area contributed by atoms with E-state index in [1.807, 2.05) is 32.0 Å². The molecule has 0 aliphatic heterocycles. The lowest BCUT2D eigenvalue weighted by atomic mass is 10.1. The van der Waals surface area contributed by atoms with Gasteiger partial charge in [0.25, 0.3) is 0 Å². The predicted octanol–water partition coefficient (Wildman–Crippen LogP) is 2.09. The van der Waals surface area contributed by atoms with E-state index in [-0.39, 0.29) is 19.1 Å². The Labute approximate surface area is 120 Å². The molecule has 0 aliphatic carbocycles. The van der Waals surface area contributed by atoms with Crippen molar-refractivity contribution in [3.63, 3.8) is 0 Å². The lowest BCUT2D eigenvalue weighted by Gasteiger charge is -2.09. The van der Waals surface area contributed by atoms with Crippen LogP contribution in [0.4, 0.5) is 5.69 Å². The molecule has 4 nitrogen and oxygen atoms in total. The van der Waals surface area contributed by atoms with Crippen LogP contribution in [0, 0.1) is 18.8 Å². The van der Waals surface area contributed by atoms with Crippen LogP contribution in [0.25, 0.3) is 0 Å². The molecule has 0 aliphatic rings. The average Bonchev–Trinajstić information content (AvgIpc) is 2.43. The van der Waals surface area contributed by atoms with Crippen molar-refractivity contribution in [3.05, 3.63) is 29.3 Å². The SMILES string of the molecule is CCCOCC(=O)Nc1cc(C#CCCO)ccc1C. The Hall–Kier alpha value is -1.83. The summed E-state index contributed by atoms with van der Waals surface area (Å²) >= 11 is 0. The molecule has 108 valence electrons. The molecule has 0 saturated carbocycles. The molecule has 0 saturated heterocycles. The fourth-order valence-corrected chi connectivity index (χ4v) is 1.55. The van der Waals surface area contributed by atoms with E-state index in [1.54, 1.807) is 0 Å². The third-order valence-electron chi connectivity index (χ3n) is 2.56. The van der Waals surface area contributed by atoms with Crippen molar-refractivity contribution in [2.75, 3.05) is 25.1 Å². The molecule has 1 rings (SSSR count). The highest BCUT2D eigenvalue weighted by molar-refractivity contribution is 5.92. The highest BCUT2D eigenvalue weighted by atomic mass is 16.5. The maximum Gasteiger partial charge on any atom is 0.250 e. The summed E-state index contributed by atoms with van der Waals surface area (Å²) in [4.78, 5) is 11.7. The van der Waals surface area contributed by atoms with Gasteiger partial charge >= 0.3 is 0 Å². The van der Waals surface area contributed by atoms with Gasteiger partial charge in [0, 0.05) is 24.3 Å². The van der Waals surface area contributed by atoms with Crippen LogP contribution in [-0.4, -0.2) is 30.8 Å². The fraction of sp³-hybridized carbons (Fsp3) is 0.438. The van der Waals surface area contributed by atoms with Crippen molar-refractivity contribution in [1.29, 1.82) is 0 Å². The number of ether oxygens (including phenoxy) is 1. The molecule has 0 heterocycles. The minimum absolute atomic E-state index is 0.0528. The number of hydrogen-bond acceptors (Lipinski definition) is 3. The summed E-state index contributed by atoms with van der Waals surface area (Å²) in [6.07, 6.45) is 1.34. The second-order valence-corrected chi connectivity index (χ2v) is 4.41. The van der Waals surface area contributed by atoms with Crippen LogP contribution in [0.2, 0.25) is 0 Å². The lowest BCUT2D eigenvalue weighted by Crippen LogP contribution is -2.19. The number of carbonyl (C=O) groups is 1. The second kappa shape index (κ2) is 9.13. The van der Waals surface area contributed by atoms with Gasteiger partial charge in [-0.05, 0) is 31.0 Å². The molecule has 1 aromatic rings. The zero-order chi connectivity index (χ0) is 14.8. The Morgan fingerprint density at radius 2 is 2.25 bits per heavy atom. The van der Waals surface area contributed by atoms with Crippen molar-refractivity contribution in [2.24, 2.45) is 0 Å². The zero-order valence-electron chi connectivity index (χ0n) is 12.0. The molecule has 0 unspecified atom stereocenters. The van der Waals surface area contributed by atoms with E-state index in [9.17, 15) is 4.79 Å². The first-order valence-corrected chi connectivity index (χ1v) is 6.75. The maximum absolute atomic E-state index is 11.7. The summed E-state index contributed by atoms with van der Waals surface area (Å²) in [5.41, 5.74) is 2.53. The van der Waals surface area contributed by atoms with E-state index in [4.69, 9.17) is 9.84 Å². The molecule has 1 aromatic carbocycles. The topological polar surface area (TPSA) is 58.6 Å². The molecule has 2 N–H and O–H groups in total. The standard InChI is InChI=1S/C16H21NO3/c1-3-10-20-12-16(19)17-15-11-14(6-4-5-9-18)8-7-13(15)2/h7-8,11,18H,3,5,9-10,12H2,1-2H3,(H,17,19). The fourth-order valence-electron chi connectivity index (χ4n) is 1.55. The van der Waals surface area contributed by atoms with Crippen molar-refractivity contribution in [2.45, 2.75) is 26.7 Å². The van der Waals surface area contributed by atoms with E-state index in [0.29, 0.717) is 13.0 Å². The Kier molecular flexibility index (Phi) is 7.41. The number of amides is 1. The molecular formula is C16H21NO3. The van der Waals surface area contributed by atoms with Crippen LogP contribution in [0.5, 0.6) is 0 Å². The zero-order valence-corrected chi connectivity index (χ0v) is 12.0. The van der Waals surface area contributed by atoms with Crippen LogP contribution in [-0.2, 0) is 9.53 Å². The van der Waals surface area contributed by atoms with E-state index >= 15 is 0 Å². The molecule has 0 bridgehead atoms. The average molecular weight is 275 g/mol. The Morgan fingerprint density at radius 3 is 2.95 bits per heavy atom. The Morgan fingerprint density at radius 1 is 1.45 bits per heavy atom. The van der Waals surface area contributed by atoms with E-state index < -0.39 is 0 Å². The summed E-state index contributed by atoms with van der Waals surface area (Å²) < 4.78 is 5.20. The van der Waals surface area contributed by atoms with Crippen LogP contribution >= 0.6 is 0 Å². The van der Waals surface area contributed by atoms with E-state index in [1.165, 1.54) is 0 Å². The van der Waals surface area contributed by atoms with Gasteiger partial charge in [0.15, 0.2) is 0 Å². The number of anilines is 1. The Bertz CT molecular complexity index is 500. The van der Waals surface area contributed by atoms with Gasteiger partial charge in [-0.3, -0.25) is 4.79 Å². The van der Waals surface area contributed by atoms with Crippen LogP contribution in [0.3, 0.4) is 0 Å². The molecule has 0 radical (unpaired) electrons. The first-order valence-electron chi connectivity index (χ1n) is 6.75.